The van der Waals surface area contributed by atoms with E-state index in [4.69, 9.17) is 0 Å². The number of rotatable bonds is 8. The lowest BCUT2D eigenvalue weighted by atomic mass is 9.96. The first-order valence-corrected chi connectivity index (χ1v) is 9.68. The Bertz CT molecular complexity index is 805. The van der Waals surface area contributed by atoms with Crippen LogP contribution in [0.25, 0.3) is 0 Å². The van der Waals surface area contributed by atoms with Gasteiger partial charge in [-0.2, -0.15) is 0 Å². The van der Waals surface area contributed by atoms with Gasteiger partial charge in [0.05, 0.1) is 4.92 Å². The molecule has 1 heterocycles. The normalized spacial score (nSPS) is 16.4. The lowest BCUT2D eigenvalue weighted by Gasteiger charge is -2.22. The van der Waals surface area contributed by atoms with Crippen LogP contribution in [0.1, 0.15) is 35.2 Å². The molecule has 1 saturated heterocycles. The van der Waals surface area contributed by atoms with Gasteiger partial charge in [0.25, 0.3) is 11.6 Å². The van der Waals surface area contributed by atoms with Gasteiger partial charge in [-0.1, -0.05) is 30.3 Å². The highest BCUT2D eigenvalue weighted by Gasteiger charge is 2.18. The van der Waals surface area contributed by atoms with Gasteiger partial charge >= 0.3 is 0 Å². The molecule has 1 fully saturated rings. The number of nitrogens with one attached hydrogen (secondary N) is 3. The van der Waals surface area contributed by atoms with Crippen LogP contribution in [0.2, 0.25) is 0 Å². The lowest BCUT2D eigenvalue weighted by molar-refractivity contribution is -0.384. The minimum absolute atomic E-state index is 0.0972. The van der Waals surface area contributed by atoms with E-state index in [0.717, 1.165) is 25.1 Å². The van der Waals surface area contributed by atoms with Gasteiger partial charge in [-0.3, -0.25) is 14.9 Å². The Balaban J connectivity index is 1.59. The van der Waals surface area contributed by atoms with E-state index in [0.29, 0.717) is 30.3 Å². The van der Waals surface area contributed by atoms with E-state index < -0.39 is 4.92 Å². The second-order valence-electron chi connectivity index (χ2n) is 7.09. The predicted octanol–water partition coefficient (Wildman–Crippen LogP) is 3.33. The van der Waals surface area contributed by atoms with Crippen molar-refractivity contribution in [3.8, 4) is 0 Å². The molecule has 1 unspecified atom stereocenters. The van der Waals surface area contributed by atoms with Gasteiger partial charge in [0, 0.05) is 24.7 Å². The van der Waals surface area contributed by atoms with E-state index in [1.807, 2.05) is 30.3 Å². The average Bonchev–Trinajstić information content (AvgIpc) is 2.73. The molecule has 0 radical (unpaired) electrons. The van der Waals surface area contributed by atoms with E-state index >= 15 is 0 Å². The highest BCUT2D eigenvalue weighted by molar-refractivity contribution is 5.95. The molecule has 1 amide bonds. The molecule has 0 aliphatic carbocycles. The average molecular weight is 382 g/mol. The summed E-state index contributed by atoms with van der Waals surface area (Å²) in [5.74, 6) is 0.300. The van der Waals surface area contributed by atoms with Crippen molar-refractivity contribution in [2.45, 2.75) is 25.8 Å². The molecule has 28 heavy (non-hydrogen) atoms. The van der Waals surface area contributed by atoms with Crippen molar-refractivity contribution < 1.29 is 9.72 Å². The summed E-state index contributed by atoms with van der Waals surface area (Å²) in [4.78, 5) is 23.4. The summed E-state index contributed by atoms with van der Waals surface area (Å²) in [6.45, 7) is 3.11. The van der Waals surface area contributed by atoms with Crippen molar-refractivity contribution in [2.75, 3.05) is 25.0 Å². The number of carbonyl (C=O) groups is 1. The van der Waals surface area contributed by atoms with E-state index in [9.17, 15) is 14.9 Å². The molecule has 1 aliphatic rings. The molecule has 0 spiro atoms. The van der Waals surface area contributed by atoms with Crippen LogP contribution in [0, 0.1) is 16.0 Å². The van der Waals surface area contributed by atoms with Crippen LogP contribution in [0.5, 0.6) is 0 Å². The first-order valence-electron chi connectivity index (χ1n) is 9.68. The summed E-state index contributed by atoms with van der Waals surface area (Å²) in [5, 5.41) is 20.8. The van der Waals surface area contributed by atoms with Crippen molar-refractivity contribution in [1.82, 2.24) is 10.6 Å². The summed E-state index contributed by atoms with van der Waals surface area (Å²) in [7, 11) is 0. The lowest BCUT2D eigenvalue weighted by Crippen LogP contribution is -2.33. The molecular weight excluding hydrogens is 356 g/mol. The van der Waals surface area contributed by atoms with Gasteiger partial charge in [0.15, 0.2) is 0 Å². The van der Waals surface area contributed by atoms with E-state index in [1.54, 1.807) is 12.1 Å². The zero-order chi connectivity index (χ0) is 19.8. The third-order valence-electron chi connectivity index (χ3n) is 5.02. The molecule has 148 valence electrons. The quantitative estimate of drug-likeness (QED) is 0.481. The molecule has 0 saturated carbocycles. The van der Waals surface area contributed by atoms with E-state index in [2.05, 4.69) is 16.0 Å². The minimum atomic E-state index is -0.461. The number of nitro groups is 1. The molecule has 3 N–H and O–H groups in total. The highest BCUT2D eigenvalue weighted by atomic mass is 16.6. The minimum Gasteiger partial charge on any atom is -0.375 e. The number of carbonyl (C=O) groups excluding carboxylic acids is 1. The van der Waals surface area contributed by atoms with Crippen LogP contribution < -0.4 is 16.0 Å². The Labute approximate surface area is 164 Å². The Kier molecular flexibility index (Phi) is 6.97. The maximum atomic E-state index is 12.4. The molecule has 2 aromatic carbocycles. The van der Waals surface area contributed by atoms with Crippen LogP contribution in [-0.4, -0.2) is 30.5 Å². The van der Waals surface area contributed by atoms with Crippen molar-refractivity contribution in [1.29, 1.82) is 0 Å². The Morgan fingerprint density at radius 3 is 2.75 bits per heavy atom. The smallest absolute Gasteiger partial charge is 0.293 e. The third kappa shape index (κ3) is 5.53. The van der Waals surface area contributed by atoms with Crippen LogP contribution in [-0.2, 0) is 6.54 Å². The molecule has 1 atom stereocenters. The van der Waals surface area contributed by atoms with Gasteiger partial charge in [-0.15, -0.1) is 0 Å². The Morgan fingerprint density at radius 2 is 2.04 bits per heavy atom. The fourth-order valence-corrected chi connectivity index (χ4v) is 3.43. The van der Waals surface area contributed by atoms with Gasteiger partial charge in [-0.05, 0) is 56.0 Å². The van der Waals surface area contributed by atoms with Crippen molar-refractivity contribution in [3.05, 3.63) is 69.8 Å². The summed E-state index contributed by atoms with van der Waals surface area (Å²) in [6, 6.07) is 14.2. The summed E-state index contributed by atoms with van der Waals surface area (Å²) in [5.41, 5.74) is 1.63. The van der Waals surface area contributed by atoms with Crippen LogP contribution in [0.3, 0.4) is 0 Å². The first kappa shape index (κ1) is 19.8. The number of nitro benzene ring substituents is 1. The zero-order valence-corrected chi connectivity index (χ0v) is 15.8. The summed E-state index contributed by atoms with van der Waals surface area (Å²) < 4.78 is 0. The fraction of sp³-hybridized carbons (Fsp3) is 0.381. The number of nitrogens with zero attached hydrogens (tertiary/aromatic N) is 1. The molecular formula is C21H26N4O3. The molecule has 3 rings (SSSR count). The number of piperidine rings is 1. The van der Waals surface area contributed by atoms with Gasteiger partial charge in [0.2, 0.25) is 0 Å². The summed E-state index contributed by atoms with van der Waals surface area (Å²) in [6.07, 6.45) is 3.26. The second-order valence-corrected chi connectivity index (χ2v) is 7.09. The number of anilines is 1. The molecule has 0 bridgehead atoms. The first-order chi connectivity index (χ1) is 13.6. The Hall–Kier alpha value is -2.93. The van der Waals surface area contributed by atoms with E-state index in [-0.39, 0.29) is 11.6 Å². The maximum Gasteiger partial charge on any atom is 0.293 e. The van der Waals surface area contributed by atoms with Crippen LogP contribution in [0.4, 0.5) is 11.4 Å². The zero-order valence-electron chi connectivity index (χ0n) is 15.8. The fourth-order valence-electron chi connectivity index (χ4n) is 3.43. The largest absolute Gasteiger partial charge is 0.375 e. The van der Waals surface area contributed by atoms with Crippen molar-refractivity contribution in [2.24, 2.45) is 5.92 Å². The van der Waals surface area contributed by atoms with Gasteiger partial charge in [-0.25, -0.2) is 0 Å². The molecule has 0 aromatic heterocycles. The van der Waals surface area contributed by atoms with Crippen molar-refractivity contribution in [3.63, 3.8) is 0 Å². The topological polar surface area (TPSA) is 96.3 Å². The van der Waals surface area contributed by atoms with Crippen LogP contribution in [0.15, 0.2) is 48.5 Å². The maximum absolute atomic E-state index is 12.4. The van der Waals surface area contributed by atoms with Gasteiger partial charge < -0.3 is 16.0 Å². The highest BCUT2D eigenvalue weighted by Crippen LogP contribution is 2.26. The van der Waals surface area contributed by atoms with Crippen molar-refractivity contribution >= 4 is 17.3 Å². The molecule has 1 aliphatic heterocycles. The molecule has 7 heteroatoms. The number of benzene rings is 2. The number of amides is 1. The third-order valence-corrected chi connectivity index (χ3v) is 5.02. The molecule has 7 nitrogen and oxygen atoms in total. The van der Waals surface area contributed by atoms with Crippen LogP contribution >= 0.6 is 0 Å². The van der Waals surface area contributed by atoms with Gasteiger partial charge in [0.1, 0.15) is 5.69 Å². The Morgan fingerprint density at radius 1 is 1.21 bits per heavy atom. The molecule has 2 aromatic rings. The number of hydrogen-bond acceptors (Lipinski definition) is 5. The number of hydrogen-bond donors (Lipinski definition) is 3. The predicted molar refractivity (Wildman–Crippen MR) is 109 cm³/mol. The summed E-state index contributed by atoms with van der Waals surface area (Å²) >= 11 is 0. The monoisotopic (exact) mass is 382 g/mol. The van der Waals surface area contributed by atoms with E-state index in [1.165, 1.54) is 18.9 Å². The second kappa shape index (κ2) is 9.85. The standard InChI is InChI=1S/C21H26N4O3/c26-21(23-12-10-17-7-4-11-22-14-17)18-8-9-19(20(13-18)25(27)28)24-15-16-5-2-1-3-6-16/h1-3,5-6,8-9,13,17,22,24H,4,7,10-12,14-15H2,(H,23,26). The SMILES string of the molecule is O=C(NCCC1CCCNC1)c1ccc(NCc2ccccc2)c([N+](=O)[O-])c1.